The van der Waals surface area contributed by atoms with E-state index in [4.69, 9.17) is 15.7 Å². The van der Waals surface area contributed by atoms with Crippen LogP contribution in [-0.4, -0.2) is 38.5 Å². The molecule has 0 saturated carbocycles. The Kier molecular flexibility index (Phi) is 4.07. The summed E-state index contributed by atoms with van der Waals surface area (Å²) >= 11 is 0. The predicted molar refractivity (Wildman–Crippen MR) is 106 cm³/mol. The molecule has 0 atom stereocenters. The van der Waals surface area contributed by atoms with Gasteiger partial charge in [0.1, 0.15) is 17.3 Å². The lowest BCUT2D eigenvalue weighted by Crippen LogP contribution is -2.29. The Labute approximate surface area is 163 Å². The van der Waals surface area contributed by atoms with E-state index in [1.54, 1.807) is 6.20 Å². The quantitative estimate of drug-likeness (QED) is 0.757. The van der Waals surface area contributed by atoms with Gasteiger partial charge in [-0.1, -0.05) is 30.3 Å². The molecule has 28 heavy (non-hydrogen) atoms. The maximum absolute atomic E-state index is 11.4. The van der Waals surface area contributed by atoms with E-state index in [2.05, 4.69) is 22.0 Å². The number of rotatable bonds is 3. The first-order chi connectivity index (χ1) is 13.7. The molecule has 1 aromatic carbocycles. The maximum atomic E-state index is 11.4. The number of anilines is 1. The van der Waals surface area contributed by atoms with Crippen molar-refractivity contribution in [2.45, 2.75) is 32.2 Å². The molecule has 3 aromatic rings. The number of hydrogen-bond acceptors (Lipinski definition) is 5. The molecule has 0 bridgehead atoms. The fourth-order valence-corrected chi connectivity index (χ4v) is 4.14. The third-order valence-electron chi connectivity index (χ3n) is 5.57. The van der Waals surface area contributed by atoms with E-state index in [0.717, 1.165) is 68.3 Å². The zero-order chi connectivity index (χ0) is 19.1. The monoisotopic (exact) mass is 374 g/mol. The van der Waals surface area contributed by atoms with Crippen LogP contribution in [-0.2, 0) is 25.8 Å². The van der Waals surface area contributed by atoms with Gasteiger partial charge in [0.2, 0.25) is 0 Å². The van der Waals surface area contributed by atoms with Gasteiger partial charge in [-0.05, 0) is 19.3 Å². The van der Waals surface area contributed by atoms with Crippen molar-refractivity contribution < 1.29 is 4.79 Å². The van der Waals surface area contributed by atoms with Crippen LogP contribution in [0.5, 0.6) is 0 Å². The van der Waals surface area contributed by atoms with Crippen molar-refractivity contribution in [3.8, 4) is 11.4 Å². The Morgan fingerprint density at radius 1 is 0.964 bits per heavy atom. The van der Waals surface area contributed by atoms with Crippen molar-refractivity contribution in [2.24, 2.45) is 5.73 Å². The second-order valence-corrected chi connectivity index (χ2v) is 7.35. The van der Waals surface area contributed by atoms with Gasteiger partial charge in [-0.25, -0.2) is 15.0 Å². The molecule has 0 unspecified atom stereocenters. The molecule has 0 fully saturated rings. The summed E-state index contributed by atoms with van der Waals surface area (Å²) in [6.45, 7) is 2.39. The zero-order valence-electron chi connectivity index (χ0n) is 15.6. The highest BCUT2D eigenvalue weighted by molar-refractivity contribution is 5.90. The number of nitrogens with zero attached hydrogens (tertiary/aromatic N) is 5. The number of amides is 1. The average Bonchev–Trinajstić information content (AvgIpc) is 3.31. The van der Waals surface area contributed by atoms with Crippen molar-refractivity contribution >= 4 is 11.7 Å². The van der Waals surface area contributed by atoms with Crippen molar-refractivity contribution in [1.29, 1.82) is 0 Å². The van der Waals surface area contributed by atoms with Gasteiger partial charge in [-0.15, -0.1) is 0 Å². The molecular weight excluding hydrogens is 352 g/mol. The van der Waals surface area contributed by atoms with Gasteiger partial charge < -0.3 is 15.2 Å². The number of fused-ring (bicyclic) bond motifs is 2. The minimum Gasteiger partial charge on any atom is -0.364 e. The van der Waals surface area contributed by atoms with Crippen LogP contribution >= 0.6 is 0 Å². The van der Waals surface area contributed by atoms with Crippen LogP contribution in [0.1, 0.15) is 34.0 Å². The molecule has 3 heterocycles. The van der Waals surface area contributed by atoms with Crippen LogP contribution < -0.4 is 10.6 Å². The maximum Gasteiger partial charge on any atom is 0.268 e. The molecule has 7 nitrogen and oxygen atoms in total. The molecule has 2 aliphatic rings. The molecule has 0 radical (unpaired) electrons. The van der Waals surface area contributed by atoms with E-state index < -0.39 is 5.91 Å². The largest absolute Gasteiger partial charge is 0.364 e. The van der Waals surface area contributed by atoms with E-state index in [9.17, 15) is 4.79 Å². The average molecular weight is 374 g/mol. The van der Waals surface area contributed by atoms with Crippen molar-refractivity contribution in [3.05, 3.63) is 59.3 Å². The minimum absolute atomic E-state index is 0.345. The Balaban J connectivity index is 1.48. The van der Waals surface area contributed by atoms with Gasteiger partial charge in [-0.3, -0.25) is 4.79 Å². The molecule has 1 amide bonds. The van der Waals surface area contributed by atoms with Gasteiger partial charge in [0, 0.05) is 49.1 Å². The zero-order valence-corrected chi connectivity index (χ0v) is 15.6. The lowest BCUT2D eigenvalue weighted by Gasteiger charge is -2.24. The number of carbonyl (C=O) groups excluding carboxylic acids is 1. The number of carbonyl (C=O) groups is 1. The van der Waals surface area contributed by atoms with Crippen LogP contribution in [0.2, 0.25) is 0 Å². The highest BCUT2D eigenvalue weighted by atomic mass is 16.1. The fourth-order valence-electron chi connectivity index (χ4n) is 4.14. The van der Waals surface area contributed by atoms with E-state index in [1.807, 2.05) is 22.8 Å². The van der Waals surface area contributed by atoms with Crippen molar-refractivity contribution in [2.75, 3.05) is 18.0 Å². The van der Waals surface area contributed by atoms with Crippen molar-refractivity contribution in [1.82, 2.24) is 19.5 Å². The van der Waals surface area contributed by atoms with Crippen LogP contribution in [0.25, 0.3) is 11.4 Å². The summed E-state index contributed by atoms with van der Waals surface area (Å²) in [5.41, 5.74) is 9.24. The normalized spacial score (nSPS) is 15.8. The first-order valence-corrected chi connectivity index (χ1v) is 9.75. The fraction of sp³-hybridized carbons (Fsp3) is 0.333. The Morgan fingerprint density at radius 2 is 1.82 bits per heavy atom. The van der Waals surface area contributed by atoms with Crippen LogP contribution in [0.4, 0.5) is 5.82 Å². The van der Waals surface area contributed by atoms with Crippen LogP contribution in [0.3, 0.4) is 0 Å². The second-order valence-electron chi connectivity index (χ2n) is 7.35. The summed E-state index contributed by atoms with van der Waals surface area (Å²) in [6, 6.07) is 10.2. The minimum atomic E-state index is -0.474. The van der Waals surface area contributed by atoms with E-state index >= 15 is 0 Å². The molecule has 7 heteroatoms. The molecule has 142 valence electrons. The molecular formula is C21H22N6O. The van der Waals surface area contributed by atoms with Gasteiger partial charge in [0.15, 0.2) is 5.82 Å². The highest BCUT2D eigenvalue weighted by Gasteiger charge is 2.25. The first-order valence-electron chi connectivity index (χ1n) is 9.75. The number of nitrogens with two attached hydrogens (primary N) is 1. The molecule has 5 rings (SSSR count). The SMILES string of the molecule is NC(=O)c1cn2c(n1)CCN(c1nc(-c3ccccc3)nc3c1CCC3)CC2. The van der Waals surface area contributed by atoms with Crippen LogP contribution in [0, 0.1) is 0 Å². The van der Waals surface area contributed by atoms with Gasteiger partial charge in [-0.2, -0.15) is 0 Å². The number of aromatic nitrogens is 4. The van der Waals surface area contributed by atoms with E-state index in [0.29, 0.717) is 5.69 Å². The predicted octanol–water partition coefficient (Wildman–Crippen LogP) is 1.99. The molecule has 0 saturated heterocycles. The Hall–Kier alpha value is -3.22. The number of aryl methyl sites for hydroxylation is 1. The Bertz CT molecular complexity index is 1020. The molecule has 2 aromatic heterocycles. The van der Waals surface area contributed by atoms with Gasteiger partial charge in [0.05, 0.1) is 0 Å². The van der Waals surface area contributed by atoms with Crippen LogP contribution in [0.15, 0.2) is 36.5 Å². The number of imidazole rings is 1. The molecule has 0 spiro atoms. The lowest BCUT2D eigenvalue weighted by molar-refractivity contribution is 0.0996. The third kappa shape index (κ3) is 2.93. The molecule has 1 aliphatic carbocycles. The lowest BCUT2D eigenvalue weighted by atomic mass is 10.1. The summed E-state index contributed by atoms with van der Waals surface area (Å²) in [7, 11) is 0. The standard InChI is InChI=1S/C21H22N6O/c22-19(28)17-13-27-12-11-26(10-9-18(27)23-17)21-15-7-4-8-16(15)24-20(25-21)14-5-2-1-3-6-14/h1-3,5-6,13H,4,7-12H2,(H2,22,28). The second kappa shape index (κ2) is 6.74. The van der Waals surface area contributed by atoms with Gasteiger partial charge in [0.25, 0.3) is 5.91 Å². The first kappa shape index (κ1) is 16.9. The summed E-state index contributed by atoms with van der Waals surface area (Å²) in [6.07, 6.45) is 5.70. The summed E-state index contributed by atoms with van der Waals surface area (Å²) in [4.78, 5) is 28.0. The number of primary amides is 1. The summed E-state index contributed by atoms with van der Waals surface area (Å²) in [5, 5.41) is 0. The van der Waals surface area contributed by atoms with Gasteiger partial charge >= 0.3 is 0 Å². The highest BCUT2D eigenvalue weighted by Crippen LogP contribution is 2.32. The van der Waals surface area contributed by atoms with Crippen molar-refractivity contribution in [3.63, 3.8) is 0 Å². The van der Waals surface area contributed by atoms with E-state index in [-0.39, 0.29) is 0 Å². The molecule has 2 N–H and O–H groups in total. The summed E-state index contributed by atoms with van der Waals surface area (Å²) < 4.78 is 2.04. The number of benzene rings is 1. The molecule has 1 aliphatic heterocycles. The Morgan fingerprint density at radius 3 is 2.64 bits per heavy atom. The smallest absolute Gasteiger partial charge is 0.268 e. The number of hydrogen-bond donors (Lipinski definition) is 1. The third-order valence-corrected chi connectivity index (χ3v) is 5.57. The van der Waals surface area contributed by atoms with E-state index in [1.165, 1.54) is 11.3 Å². The summed E-state index contributed by atoms with van der Waals surface area (Å²) in [5.74, 6) is 2.29. The topological polar surface area (TPSA) is 89.9 Å².